The molecule has 4 heteroatoms. The summed E-state index contributed by atoms with van der Waals surface area (Å²) in [5.41, 5.74) is 0.874. The normalized spacial score (nSPS) is 13.5. The number of hydrogen-bond donors (Lipinski definition) is 0. The zero-order chi connectivity index (χ0) is 12.3. The largest absolute Gasteiger partial charge is 0.436 e. The lowest BCUT2D eigenvalue weighted by atomic mass is 10.2. The van der Waals surface area contributed by atoms with E-state index in [1.165, 1.54) is 0 Å². The molecule has 0 amide bonds. The fourth-order valence-electron chi connectivity index (χ4n) is 1.52. The van der Waals surface area contributed by atoms with Crippen molar-refractivity contribution in [2.45, 2.75) is 0 Å². The van der Waals surface area contributed by atoms with Crippen LogP contribution in [0.1, 0.15) is 5.56 Å². The summed E-state index contributed by atoms with van der Waals surface area (Å²) in [7, 11) is 1.74. The van der Waals surface area contributed by atoms with E-state index in [2.05, 4.69) is 0 Å². The predicted molar refractivity (Wildman–Crippen MR) is 61.5 cm³/mol. The van der Waals surface area contributed by atoms with E-state index in [9.17, 15) is 0 Å². The van der Waals surface area contributed by atoms with Crippen LogP contribution in [0.25, 0.3) is 5.76 Å². The van der Waals surface area contributed by atoms with Crippen molar-refractivity contribution in [1.29, 1.82) is 10.5 Å². The van der Waals surface area contributed by atoms with E-state index >= 15 is 0 Å². The molecule has 0 unspecified atom stereocenters. The first-order valence-corrected chi connectivity index (χ1v) is 4.98. The smallest absolute Gasteiger partial charge is 0.228 e. The molecule has 1 aromatic rings. The standard InChI is InChI=1S/C13H9N3O/c1-16-9-12(10-5-3-2-4-6-10)17-13(16)11(7-14)8-15/h2-6,9H,1H3. The molecule has 0 saturated heterocycles. The van der Waals surface area contributed by atoms with Gasteiger partial charge in [0.1, 0.15) is 12.1 Å². The van der Waals surface area contributed by atoms with E-state index in [0.717, 1.165) is 5.56 Å². The summed E-state index contributed by atoms with van der Waals surface area (Å²) in [4.78, 5) is 1.63. The van der Waals surface area contributed by atoms with Crippen molar-refractivity contribution in [3.8, 4) is 12.1 Å². The van der Waals surface area contributed by atoms with E-state index < -0.39 is 0 Å². The second kappa shape index (κ2) is 4.42. The van der Waals surface area contributed by atoms with E-state index in [4.69, 9.17) is 15.3 Å². The van der Waals surface area contributed by atoms with Crippen molar-refractivity contribution in [3.05, 3.63) is 53.6 Å². The molecule has 0 saturated carbocycles. The third kappa shape index (κ3) is 1.97. The summed E-state index contributed by atoms with van der Waals surface area (Å²) in [5.74, 6) is 0.903. The molecule has 0 atom stereocenters. The van der Waals surface area contributed by atoms with Gasteiger partial charge in [0.2, 0.25) is 5.88 Å². The number of hydrogen-bond acceptors (Lipinski definition) is 4. The first-order valence-electron chi connectivity index (χ1n) is 4.98. The molecule has 0 bridgehead atoms. The monoisotopic (exact) mass is 223 g/mol. The maximum absolute atomic E-state index is 8.80. The molecular weight excluding hydrogens is 214 g/mol. The minimum atomic E-state index is -0.0327. The topological polar surface area (TPSA) is 60.0 Å². The molecule has 0 fully saturated rings. The first kappa shape index (κ1) is 10.8. The van der Waals surface area contributed by atoms with E-state index in [1.54, 1.807) is 18.1 Å². The van der Waals surface area contributed by atoms with Gasteiger partial charge in [0.15, 0.2) is 11.3 Å². The first-order chi connectivity index (χ1) is 8.26. The van der Waals surface area contributed by atoms with E-state index in [0.29, 0.717) is 5.76 Å². The molecule has 4 nitrogen and oxygen atoms in total. The maximum atomic E-state index is 8.80. The van der Waals surface area contributed by atoms with Crippen molar-refractivity contribution in [2.75, 3.05) is 7.05 Å². The molecular formula is C13H9N3O. The molecule has 2 rings (SSSR count). The SMILES string of the molecule is CN1C=C(c2ccccc2)OC1=C(C#N)C#N. The molecule has 0 spiro atoms. The lowest BCUT2D eigenvalue weighted by Crippen LogP contribution is -2.07. The highest BCUT2D eigenvalue weighted by Crippen LogP contribution is 2.29. The molecule has 82 valence electrons. The molecule has 1 heterocycles. The van der Waals surface area contributed by atoms with Crippen LogP contribution in [0.2, 0.25) is 0 Å². The van der Waals surface area contributed by atoms with Gasteiger partial charge in [0.05, 0.1) is 6.20 Å². The highest BCUT2D eigenvalue weighted by atomic mass is 16.5. The van der Waals surface area contributed by atoms with Crippen LogP contribution >= 0.6 is 0 Å². The van der Waals surface area contributed by atoms with Gasteiger partial charge in [-0.2, -0.15) is 10.5 Å². The lowest BCUT2D eigenvalue weighted by Gasteiger charge is -2.08. The Morgan fingerprint density at radius 2 is 1.82 bits per heavy atom. The zero-order valence-corrected chi connectivity index (χ0v) is 9.21. The van der Waals surface area contributed by atoms with E-state index in [1.807, 2.05) is 42.5 Å². The molecule has 1 aliphatic heterocycles. The number of ether oxygens (including phenoxy) is 1. The Hall–Kier alpha value is -2.72. The number of benzene rings is 1. The maximum Gasteiger partial charge on any atom is 0.228 e. The van der Waals surface area contributed by atoms with Crippen LogP contribution in [0.3, 0.4) is 0 Å². The van der Waals surface area contributed by atoms with Crippen molar-refractivity contribution in [3.63, 3.8) is 0 Å². The Balaban J connectivity index is 2.35. The Morgan fingerprint density at radius 1 is 1.18 bits per heavy atom. The van der Waals surface area contributed by atoms with Gasteiger partial charge in [-0.15, -0.1) is 0 Å². The quantitative estimate of drug-likeness (QED) is 0.685. The summed E-state index contributed by atoms with van der Waals surface area (Å²) < 4.78 is 5.53. The predicted octanol–water partition coefficient (Wildman–Crippen LogP) is 2.21. The molecule has 17 heavy (non-hydrogen) atoms. The van der Waals surface area contributed by atoms with Crippen molar-refractivity contribution >= 4 is 5.76 Å². The average molecular weight is 223 g/mol. The summed E-state index contributed by atoms with van der Waals surface area (Å²) >= 11 is 0. The van der Waals surface area contributed by atoms with E-state index in [-0.39, 0.29) is 11.5 Å². The Bertz CT molecular complexity index is 557. The average Bonchev–Trinajstić information content (AvgIpc) is 2.75. The van der Waals surface area contributed by atoms with Gasteiger partial charge >= 0.3 is 0 Å². The lowest BCUT2D eigenvalue weighted by molar-refractivity contribution is 0.310. The summed E-state index contributed by atoms with van der Waals surface area (Å²) in [5, 5.41) is 17.6. The van der Waals surface area contributed by atoms with Crippen molar-refractivity contribution in [2.24, 2.45) is 0 Å². The van der Waals surface area contributed by atoms with Crippen LogP contribution < -0.4 is 0 Å². The fourth-order valence-corrected chi connectivity index (χ4v) is 1.52. The number of allylic oxidation sites excluding steroid dienone is 1. The van der Waals surface area contributed by atoms with Gasteiger partial charge in [0, 0.05) is 12.6 Å². The van der Waals surface area contributed by atoms with Gasteiger partial charge in [-0.1, -0.05) is 30.3 Å². The highest BCUT2D eigenvalue weighted by molar-refractivity contribution is 5.63. The molecule has 1 aliphatic rings. The third-order valence-electron chi connectivity index (χ3n) is 2.33. The van der Waals surface area contributed by atoms with Crippen LogP contribution in [0.4, 0.5) is 0 Å². The van der Waals surface area contributed by atoms with Gasteiger partial charge in [-0.05, 0) is 0 Å². The molecule has 0 radical (unpaired) electrons. The van der Waals surface area contributed by atoms with Gasteiger partial charge in [0.25, 0.3) is 0 Å². The minimum absolute atomic E-state index is 0.0327. The zero-order valence-electron chi connectivity index (χ0n) is 9.21. The Kier molecular flexibility index (Phi) is 2.81. The van der Waals surface area contributed by atoms with Gasteiger partial charge < -0.3 is 9.64 Å². The summed E-state index contributed by atoms with van der Waals surface area (Å²) in [6, 6.07) is 13.1. The molecule has 0 N–H and O–H groups in total. The molecule has 1 aromatic carbocycles. The van der Waals surface area contributed by atoms with Gasteiger partial charge in [-0.3, -0.25) is 0 Å². The highest BCUT2D eigenvalue weighted by Gasteiger charge is 2.22. The number of nitriles is 2. The van der Waals surface area contributed by atoms with Crippen molar-refractivity contribution < 1.29 is 4.74 Å². The minimum Gasteiger partial charge on any atom is -0.436 e. The summed E-state index contributed by atoms with van der Waals surface area (Å²) in [6.45, 7) is 0. The van der Waals surface area contributed by atoms with Crippen LogP contribution in [-0.2, 0) is 4.74 Å². The van der Waals surface area contributed by atoms with Crippen LogP contribution in [0.5, 0.6) is 0 Å². The third-order valence-corrected chi connectivity index (χ3v) is 2.33. The van der Waals surface area contributed by atoms with Crippen LogP contribution in [0, 0.1) is 22.7 Å². The Morgan fingerprint density at radius 3 is 2.41 bits per heavy atom. The second-order valence-corrected chi connectivity index (χ2v) is 3.48. The number of nitrogens with zero attached hydrogens (tertiary/aromatic N) is 3. The van der Waals surface area contributed by atoms with Crippen molar-refractivity contribution in [1.82, 2.24) is 4.90 Å². The van der Waals surface area contributed by atoms with Gasteiger partial charge in [-0.25, -0.2) is 0 Å². The molecule has 0 aliphatic carbocycles. The summed E-state index contributed by atoms with van der Waals surface area (Å²) in [6.07, 6.45) is 1.75. The molecule has 0 aromatic heterocycles. The van der Waals surface area contributed by atoms with Crippen LogP contribution in [-0.4, -0.2) is 11.9 Å². The van der Waals surface area contributed by atoms with Crippen LogP contribution in [0.15, 0.2) is 48.0 Å². The fraction of sp³-hybridized carbons (Fsp3) is 0.0769. The second-order valence-electron chi connectivity index (χ2n) is 3.48. The number of rotatable bonds is 1. The Labute approximate surface area is 99.3 Å².